The Bertz CT molecular complexity index is 995. The summed E-state index contributed by atoms with van der Waals surface area (Å²) in [6.45, 7) is 9.68. The number of rotatable bonds is 8. The zero-order valence-corrected chi connectivity index (χ0v) is 20.8. The first kappa shape index (κ1) is 25.5. The molecule has 2 aromatic rings. The predicted octanol–water partition coefficient (Wildman–Crippen LogP) is 4.00. The van der Waals surface area contributed by atoms with E-state index in [1.165, 1.54) is 0 Å². The third-order valence-electron chi connectivity index (χ3n) is 6.47. The SMILES string of the molecule is Cc1ccc(C)c(CNC(=O)[C@H](CC(C)C)NC(=O)C2CCN(C(=O)c3ccccc3)CC2)c1. The average Bonchev–Trinajstić information content (AvgIpc) is 2.83. The van der Waals surface area contributed by atoms with E-state index < -0.39 is 6.04 Å². The molecule has 1 fully saturated rings. The van der Waals surface area contributed by atoms with Crippen LogP contribution in [0.3, 0.4) is 0 Å². The molecule has 0 spiro atoms. The van der Waals surface area contributed by atoms with Gasteiger partial charge in [-0.05, 0) is 62.3 Å². The minimum absolute atomic E-state index is 0.00274. The highest BCUT2D eigenvalue weighted by atomic mass is 16.2. The summed E-state index contributed by atoms with van der Waals surface area (Å²) in [6, 6.07) is 14.8. The average molecular weight is 464 g/mol. The molecule has 6 nitrogen and oxygen atoms in total. The number of aryl methyl sites for hydroxylation is 2. The molecule has 1 atom stereocenters. The summed E-state index contributed by atoms with van der Waals surface area (Å²) in [4.78, 5) is 40.5. The molecule has 3 amide bonds. The largest absolute Gasteiger partial charge is 0.350 e. The van der Waals surface area contributed by atoms with Gasteiger partial charge in [0.1, 0.15) is 6.04 Å². The smallest absolute Gasteiger partial charge is 0.253 e. The van der Waals surface area contributed by atoms with Crippen molar-refractivity contribution in [3.8, 4) is 0 Å². The van der Waals surface area contributed by atoms with Gasteiger partial charge in [0.05, 0.1) is 0 Å². The third kappa shape index (κ3) is 6.92. The summed E-state index contributed by atoms with van der Waals surface area (Å²) >= 11 is 0. The second-order valence-corrected chi connectivity index (χ2v) is 9.77. The molecule has 1 aliphatic rings. The second kappa shape index (κ2) is 11.8. The molecule has 0 aromatic heterocycles. The van der Waals surface area contributed by atoms with Crippen LogP contribution in [0.2, 0.25) is 0 Å². The Kier molecular flexibility index (Phi) is 8.85. The molecule has 1 heterocycles. The van der Waals surface area contributed by atoms with Crippen molar-refractivity contribution in [2.75, 3.05) is 13.1 Å². The summed E-state index contributed by atoms with van der Waals surface area (Å²) in [5.41, 5.74) is 4.03. The highest BCUT2D eigenvalue weighted by Crippen LogP contribution is 2.20. The first-order chi connectivity index (χ1) is 16.2. The van der Waals surface area contributed by atoms with Crippen molar-refractivity contribution in [3.05, 3.63) is 70.8 Å². The zero-order chi connectivity index (χ0) is 24.7. The van der Waals surface area contributed by atoms with Crippen molar-refractivity contribution in [1.82, 2.24) is 15.5 Å². The molecule has 1 aliphatic heterocycles. The van der Waals surface area contributed by atoms with Gasteiger partial charge < -0.3 is 15.5 Å². The molecule has 182 valence electrons. The van der Waals surface area contributed by atoms with Crippen molar-refractivity contribution in [2.45, 2.75) is 59.5 Å². The fourth-order valence-corrected chi connectivity index (χ4v) is 4.40. The van der Waals surface area contributed by atoms with Gasteiger partial charge in [0.25, 0.3) is 5.91 Å². The molecule has 0 radical (unpaired) electrons. The number of piperidine rings is 1. The quantitative estimate of drug-likeness (QED) is 0.621. The summed E-state index contributed by atoms with van der Waals surface area (Å²) in [5.74, 6) is -0.176. The van der Waals surface area contributed by atoms with E-state index in [1.54, 1.807) is 0 Å². The first-order valence-electron chi connectivity index (χ1n) is 12.2. The minimum atomic E-state index is -0.568. The molecule has 0 saturated carbocycles. The number of hydrogen-bond donors (Lipinski definition) is 2. The number of carbonyl (C=O) groups excluding carboxylic acids is 3. The van der Waals surface area contributed by atoms with E-state index in [0.717, 1.165) is 16.7 Å². The molecule has 0 unspecified atom stereocenters. The van der Waals surface area contributed by atoms with Crippen LogP contribution < -0.4 is 10.6 Å². The van der Waals surface area contributed by atoms with Crippen LogP contribution in [-0.2, 0) is 16.1 Å². The van der Waals surface area contributed by atoms with E-state index in [4.69, 9.17) is 0 Å². The lowest BCUT2D eigenvalue weighted by Crippen LogP contribution is -2.50. The lowest BCUT2D eigenvalue weighted by atomic mass is 9.94. The van der Waals surface area contributed by atoms with Crippen LogP contribution in [0.5, 0.6) is 0 Å². The normalized spacial score (nSPS) is 15.1. The standard InChI is InChI=1S/C28H37N3O3/c1-19(2)16-25(27(33)29-18-24-17-20(3)10-11-21(24)4)30-26(32)22-12-14-31(15-13-22)28(34)23-8-6-5-7-9-23/h5-11,17,19,22,25H,12-16,18H2,1-4H3,(H,29,33)(H,30,32)/t25-/m0/s1. The Morgan fingerprint density at radius 2 is 1.68 bits per heavy atom. The molecular weight excluding hydrogens is 426 g/mol. The number of nitrogens with one attached hydrogen (secondary N) is 2. The number of carbonyl (C=O) groups is 3. The topological polar surface area (TPSA) is 78.5 Å². The van der Waals surface area contributed by atoms with Gasteiger partial charge in [-0.15, -0.1) is 0 Å². The molecule has 1 saturated heterocycles. The van der Waals surface area contributed by atoms with Gasteiger partial charge in [0, 0.05) is 31.1 Å². The molecule has 2 N–H and O–H groups in total. The van der Waals surface area contributed by atoms with Crippen molar-refractivity contribution in [2.24, 2.45) is 11.8 Å². The summed E-state index contributed by atoms with van der Waals surface area (Å²) < 4.78 is 0. The number of amides is 3. The maximum Gasteiger partial charge on any atom is 0.253 e. The highest BCUT2D eigenvalue weighted by molar-refractivity contribution is 5.94. The van der Waals surface area contributed by atoms with Gasteiger partial charge in [-0.25, -0.2) is 0 Å². The lowest BCUT2D eigenvalue weighted by Gasteiger charge is -2.32. The van der Waals surface area contributed by atoms with Crippen LogP contribution in [0.1, 0.15) is 60.2 Å². The van der Waals surface area contributed by atoms with Crippen LogP contribution in [0.4, 0.5) is 0 Å². The van der Waals surface area contributed by atoms with Crippen molar-refractivity contribution in [3.63, 3.8) is 0 Å². The van der Waals surface area contributed by atoms with Crippen molar-refractivity contribution < 1.29 is 14.4 Å². The van der Waals surface area contributed by atoms with Gasteiger partial charge in [-0.1, -0.05) is 55.8 Å². The fourth-order valence-electron chi connectivity index (χ4n) is 4.40. The maximum absolute atomic E-state index is 13.0. The van der Waals surface area contributed by atoms with E-state index in [0.29, 0.717) is 44.5 Å². The van der Waals surface area contributed by atoms with Crippen LogP contribution in [0, 0.1) is 25.7 Å². The Labute approximate surface area is 203 Å². The first-order valence-corrected chi connectivity index (χ1v) is 12.2. The molecule has 3 rings (SSSR count). The second-order valence-electron chi connectivity index (χ2n) is 9.77. The number of likely N-dealkylation sites (tertiary alicyclic amines) is 1. The molecule has 0 aliphatic carbocycles. The highest BCUT2D eigenvalue weighted by Gasteiger charge is 2.30. The van der Waals surface area contributed by atoms with Gasteiger partial charge in [-0.3, -0.25) is 14.4 Å². The Morgan fingerprint density at radius 1 is 1.00 bits per heavy atom. The third-order valence-corrected chi connectivity index (χ3v) is 6.47. The van der Waals surface area contributed by atoms with E-state index in [2.05, 4.69) is 28.8 Å². The van der Waals surface area contributed by atoms with Gasteiger partial charge in [-0.2, -0.15) is 0 Å². The fraction of sp³-hybridized carbons (Fsp3) is 0.464. The molecular formula is C28H37N3O3. The minimum Gasteiger partial charge on any atom is -0.350 e. The van der Waals surface area contributed by atoms with Crippen molar-refractivity contribution >= 4 is 17.7 Å². The number of hydrogen-bond acceptors (Lipinski definition) is 3. The van der Waals surface area contributed by atoms with E-state index >= 15 is 0 Å². The maximum atomic E-state index is 13.0. The van der Waals surface area contributed by atoms with Crippen LogP contribution in [-0.4, -0.2) is 41.8 Å². The van der Waals surface area contributed by atoms with Crippen LogP contribution in [0.15, 0.2) is 48.5 Å². The number of benzene rings is 2. The summed E-state index contributed by atoms with van der Waals surface area (Å²) in [7, 11) is 0. The van der Waals surface area contributed by atoms with Crippen LogP contribution >= 0.6 is 0 Å². The van der Waals surface area contributed by atoms with E-state index in [-0.39, 0.29) is 29.6 Å². The molecule has 0 bridgehead atoms. The summed E-state index contributed by atoms with van der Waals surface area (Å²) in [6.07, 6.45) is 1.78. The van der Waals surface area contributed by atoms with E-state index in [9.17, 15) is 14.4 Å². The lowest BCUT2D eigenvalue weighted by molar-refractivity contribution is -0.132. The number of nitrogens with zero attached hydrogens (tertiary/aromatic N) is 1. The monoisotopic (exact) mass is 463 g/mol. The Morgan fingerprint density at radius 3 is 2.32 bits per heavy atom. The molecule has 2 aromatic carbocycles. The van der Waals surface area contributed by atoms with Crippen LogP contribution in [0.25, 0.3) is 0 Å². The molecule has 34 heavy (non-hydrogen) atoms. The summed E-state index contributed by atoms with van der Waals surface area (Å²) in [5, 5.41) is 6.02. The van der Waals surface area contributed by atoms with Gasteiger partial charge >= 0.3 is 0 Å². The van der Waals surface area contributed by atoms with Crippen molar-refractivity contribution in [1.29, 1.82) is 0 Å². The van der Waals surface area contributed by atoms with Gasteiger partial charge in [0.2, 0.25) is 11.8 Å². The Balaban J connectivity index is 1.55. The predicted molar refractivity (Wildman–Crippen MR) is 134 cm³/mol. The Hall–Kier alpha value is -3.15. The van der Waals surface area contributed by atoms with Gasteiger partial charge in [0.15, 0.2) is 0 Å². The molecule has 6 heteroatoms. The zero-order valence-electron chi connectivity index (χ0n) is 20.8. The van der Waals surface area contributed by atoms with E-state index in [1.807, 2.05) is 62.9 Å².